The highest BCUT2D eigenvalue weighted by Gasteiger charge is 2.18. The van der Waals surface area contributed by atoms with Crippen LogP contribution in [0, 0.1) is 11.6 Å². The first-order valence-corrected chi connectivity index (χ1v) is 9.27. The zero-order valence-corrected chi connectivity index (χ0v) is 16.0. The lowest BCUT2D eigenvalue weighted by Crippen LogP contribution is -2.34. The molecule has 4 aromatic rings. The second-order valence-electron chi connectivity index (χ2n) is 6.54. The summed E-state index contributed by atoms with van der Waals surface area (Å²) >= 11 is 0. The summed E-state index contributed by atoms with van der Waals surface area (Å²) in [5.41, 5.74) is 5.02. The molecule has 156 valence electrons. The maximum atomic E-state index is 13.7. The number of halogens is 2. The van der Waals surface area contributed by atoms with E-state index >= 15 is 0 Å². The van der Waals surface area contributed by atoms with Gasteiger partial charge in [-0.25, -0.2) is 8.78 Å². The lowest BCUT2D eigenvalue weighted by atomic mass is 10.1. The van der Waals surface area contributed by atoms with E-state index in [1.54, 1.807) is 48.5 Å². The molecular weight excluding hydrogens is 406 g/mol. The van der Waals surface area contributed by atoms with Gasteiger partial charge >= 0.3 is 0 Å². The summed E-state index contributed by atoms with van der Waals surface area (Å²) in [6, 6.07) is 18.4. The van der Waals surface area contributed by atoms with Crippen molar-refractivity contribution in [1.82, 2.24) is 5.43 Å². The van der Waals surface area contributed by atoms with Crippen molar-refractivity contribution < 1.29 is 22.7 Å². The van der Waals surface area contributed by atoms with Gasteiger partial charge in [-0.3, -0.25) is 20.4 Å². The van der Waals surface area contributed by atoms with Crippen molar-refractivity contribution in [2.75, 3.05) is 12.0 Å². The average Bonchev–Trinajstić information content (AvgIpc) is 2.78. The Hall–Kier alpha value is -4.20. The Kier molecular flexibility index (Phi) is 5.61. The third-order valence-electron chi connectivity index (χ3n) is 4.41. The summed E-state index contributed by atoms with van der Waals surface area (Å²) in [4.78, 5) is 25.1. The molecule has 0 saturated heterocycles. The van der Waals surface area contributed by atoms with Gasteiger partial charge in [-0.15, -0.1) is 0 Å². The van der Waals surface area contributed by atoms with Crippen molar-refractivity contribution in [3.63, 3.8) is 0 Å². The minimum Gasteiger partial charge on any atom is -0.476 e. The van der Waals surface area contributed by atoms with Crippen LogP contribution in [0.4, 0.5) is 14.5 Å². The summed E-state index contributed by atoms with van der Waals surface area (Å²) in [5, 5.41) is 0.309. The van der Waals surface area contributed by atoms with Crippen molar-refractivity contribution in [2.45, 2.75) is 0 Å². The molecule has 6 nitrogen and oxygen atoms in total. The van der Waals surface area contributed by atoms with E-state index in [0.29, 0.717) is 22.6 Å². The summed E-state index contributed by atoms with van der Waals surface area (Å²) in [6.07, 6.45) is 0. The van der Waals surface area contributed by atoms with E-state index in [2.05, 4.69) is 10.9 Å². The molecule has 1 amide bonds. The number of rotatable bonds is 6. The van der Waals surface area contributed by atoms with Gasteiger partial charge in [0.1, 0.15) is 11.4 Å². The van der Waals surface area contributed by atoms with Crippen LogP contribution in [0.15, 0.2) is 82.0 Å². The predicted molar refractivity (Wildman–Crippen MR) is 112 cm³/mol. The summed E-state index contributed by atoms with van der Waals surface area (Å²) in [7, 11) is 0. The number of carbonyl (C=O) groups is 1. The number of carbonyl (C=O) groups excluding carboxylic acids is 1. The number of fused-ring (bicyclic) bond motifs is 1. The van der Waals surface area contributed by atoms with Gasteiger partial charge in [-0.2, -0.15) is 0 Å². The average molecular weight is 422 g/mol. The fourth-order valence-electron chi connectivity index (χ4n) is 2.94. The monoisotopic (exact) mass is 422 g/mol. The van der Waals surface area contributed by atoms with Gasteiger partial charge in [0, 0.05) is 11.6 Å². The first-order chi connectivity index (χ1) is 15.0. The molecular formula is C23H16F2N2O4. The molecule has 0 aliphatic heterocycles. The molecule has 0 radical (unpaired) electrons. The van der Waals surface area contributed by atoms with Gasteiger partial charge in [-0.1, -0.05) is 42.5 Å². The summed E-state index contributed by atoms with van der Waals surface area (Å²) < 4.78 is 38.0. The number of para-hydroxylation sites is 1. The molecule has 1 aromatic heterocycles. The number of hydrogen-bond acceptors (Lipinski definition) is 5. The quantitative estimate of drug-likeness (QED) is 0.454. The van der Waals surface area contributed by atoms with Crippen LogP contribution in [0.3, 0.4) is 0 Å². The first kappa shape index (κ1) is 20.1. The maximum absolute atomic E-state index is 13.7. The van der Waals surface area contributed by atoms with Gasteiger partial charge in [-0.05, 0) is 24.3 Å². The van der Waals surface area contributed by atoms with Crippen molar-refractivity contribution in [3.8, 4) is 17.1 Å². The SMILES string of the molecule is O=C(COc1c(-c2ccccc2)oc2ccccc2c1=O)NNc1ccc(F)cc1F. The molecule has 4 rings (SSSR count). The fraction of sp³-hybridized carbons (Fsp3) is 0.0435. The predicted octanol–water partition coefficient (Wildman–Crippen LogP) is 4.26. The Morgan fingerprint density at radius 2 is 1.71 bits per heavy atom. The summed E-state index contributed by atoms with van der Waals surface area (Å²) in [5.74, 6) is -2.23. The minimum absolute atomic E-state index is 0.118. The van der Waals surface area contributed by atoms with Crippen LogP contribution in [0.5, 0.6) is 5.75 Å². The largest absolute Gasteiger partial charge is 0.476 e. The van der Waals surface area contributed by atoms with E-state index in [9.17, 15) is 18.4 Å². The van der Waals surface area contributed by atoms with Crippen molar-refractivity contribution in [2.24, 2.45) is 0 Å². The van der Waals surface area contributed by atoms with E-state index in [-0.39, 0.29) is 17.2 Å². The Balaban J connectivity index is 1.56. The molecule has 0 saturated carbocycles. The van der Waals surface area contributed by atoms with Crippen LogP contribution in [0.2, 0.25) is 0 Å². The molecule has 2 N–H and O–H groups in total. The van der Waals surface area contributed by atoms with Gasteiger partial charge < -0.3 is 9.15 Å². The van der Waals surface area contributed by atoms with Gasteiger partial charge in [0.2, 0.25) is 11.2 Å². The highest BCUT2D eigenvalue weighted by Crippen LogP contribution is 2.30. The molecule has 0 fully saturated rings. The maximum Gasteiger partial charge on any atom is 0.276 e. The second kappa shape index (κ2) is 8.66. The molecule has 0 spiro atoms. The molecule has 1 heterocycles. The topological polar surface area (TPSA) is 80.6 Å². The van der Waals surface area contributed by atoms with E-state index in [1.807, 2.05) is 6.07 Å². The van der Waals surface area contributed by atoms with Gasteiger partial charge in [0.25, 0.3) is 5.91 Å². The molecule has 8 heteroatoms. The third kappa shape index (κ3) is 4.37. The smallest absolute Gasteiger partial charge is 0.276 e. The molecule has 0 bridgehead atoms. The molecule has 0 atom stereocenters. The Bertz CT molecular complexity index is 1310. The third-order valence-corrected chi connectivity index (χ3v) is 4.41. The molecule has 31 heavy (non-hydrogen) atoms. The first-order valence-electron chi connectivity index (χ1n) is 9.27. The number of anilines is 1. The van der Waals surface area contributed by atoms with Crippen LogP contribution < -0.4 is 21.0 Å². The molecule has 0 unspecified atom stereocenters. The molecule has 0 aliphatic rings. The minimum atomic E-state index is -0.872. The van der Waals surface area contributed by atoms with E-state index in [0.717, 1.165) is 12.1 Å². The number of nitrogens with one attached hydrogen (secondary N) is 2. The Morgan fingerprint density at radius 3 is 2.48 bits per heavy atom. The Labute approximate surface area is 175 Å². The van der Waals surface area contributed by atoms with E-state index in [4.69, 9.17) is 9.15 Å². The standard InChI is InChI=1S/C23H16F2N2O4/c24-15-10-11-18(17(25)12-15)26-27-20(28)13-30-23-21(29)16-8-4-5-9-19(16)31-22(23)14-6-2-1-3-7-14/h1-12,26H,13H2,(H,27,28). The fourth-order valence-corrected chi connectivity index (χ4v) is 2.94. The highest BCUT2D eigenvalue weighted by molar-refractivity contribution is 5.83. The number of hydrazine groups is 1. The van der Waals surface area contributed by atoms with E-state index in [1.165, 1.54) is 0 Å². The lowest BCUT2D eigenvalue weighted by molar-refractivity contribution is -0.122. The molecule has 3 aromatic carbocycles. The van der Waals surface area contributed by atoms with Gasteiger partial charge in [0.15, 0.2) is 18.2 Å². The van der Waals surface area contributed by atoms with Crippen molar-refractivity contribution >= 4 is 22.6 Å². The van der Waals surface area contributed by atoms with Gasteiger partial charge in [0.05, 0.1) is 11.1 Å². The highest BCUT2D eigenvalue weighted by atomic mass is 19.1. The lowest BCUT2D eigenvalue weighted by Gasteiger charge is -2.13. The zero-order chi connectivity index (χ0) is 21.8. The van der Waals surface area contributed by atoms with Crippen molar-refractivity contribution in [3.05, 3.63) is 94.7 Å². The second-order valence-corrected chi connectivity index (χ2v) is 6.54. The normalized spacial score (nSPS) is 10.6. The Morgan fingerprint density at radius 1 is 0.968 bits per heavy atom. The number of amides is 1. The molecule has 0 aliphatic carbocycles. The summed E-state index contributed by atoms with van der Waals surface area (Å²) in [6.45, 7) is -0.543. The number of benzene rings is 3. The van der Waals surface area contributed by atoms with Crippen molar-refractivity contribution in [1.29, 1.82) is 0 Å². The van der Waals surface area contributed by atoms with E-state index < -0.39 is 29.6 Å². The zero-order valence-electron chi connectivity index (χ0n) is 16.0. The van der Waals surface area contributed by atoms with Crippen LogP contribution >= 0.6 is 0 Å². The van der Waals surface area contributed by atoms with Crippen LogP contribution in [-0.4, -0.2) is 12.5 Å². The van der Waals surface area contributed by atoms with Crippen LogP contribution in [-0.2, 0) is 4.79 Å². The van der Waals surface area contributed by atoms with Crippen LogP contribution in [0.25, 0.3) is 22.3 Å². The van der Waals surface area contributed by atoms with Crippen LogP contribution in [0.1, 0.15) is 0 Å². The number of hydrogen-bond donors (Lipinski definition) is 2. The number of ether oxygens (including phenoxy) is 1.